The highest BCUT2D eigenvalue weighted by Crippen LogP contribution is 2.31. The fraction of sp³-hybridized carbons (Fsp3) is 0.438. The molecule has 0 aliphatic carbocycles. The molecule has 3 N–H and O–H groups in total. The Morgan fingerprint density at radius 1 is 1.30 bits per heavy atom. The third-order valence-electron chi connectivity index (χ3n) is 4.34. The molecule has 0 radical (unpaired) electrons. The lowest BCUT2D eigenvalue weighted by atomic mass is 9.96. The molecular formula is C16H19N3O4. The Morgan fingerprint density at radius 2 is 2.00 bits per heavy atom. The smallest absolute Gasteiger partial charge is 0.265 e. The molecular weight excluding hydrogens is 298 g/mol. The number of carbonyl (C=O) groups excluding carboxylic acids is 3. The zero-order chi connectivity index (χ0) is 16.6. The third-order valence-corrected chi connectivity index (χ3v) is 4.34. The van der Waals surface area contributed by atoms with E-state index >= 15 is 0 Å². The van der Waals surface area contributed by atoms with Gasteiger partial charge in [-0.1, -0.05) is 0 Å². The summed E-state index contributed by atoms with van der Waals surface area (Å²) in [6.07, 6.45) is 0.602. The number of hydrogen-bond acceptors (Lipinski definition) is 4. The molecule has 2 heterocycles. The lowest BCUT2D eigenvalue weighted by Crippen LogP contribution is -2.41. The quantitative estimate of drug-likeness (QED) is 0.840. The van der Waals surface area contributed by atoms with Gasteiger partial charge in [0.15, 0.2) is 6.10 Å². The average molecular weight is 317 g/mol. The van der Waals surface area contributed by atoms with Gasteiger partial charge in [-0.2, -0.15) is 0 Å². The second-order valence-electron chi connectivity index (χ2n) is 5.93. The highest BCUT2D eigenvalue weighted by Gasteiger charge is 2.28. The van der Waals surface area contributed by atoms with Crippen LogP contribution in [0.5, 0.6) is 5.75 Å². The lowest BCUT2D eigenvalue weighted by molar-refractivity contribution is -0.123. The molecule has 0 aromatic heterocycles. The first-order chi connectivity index (χ1) is 11.0. The molecule has 2 aliphatic rings. The van der Waals surface area contributed by atoms with Crippen LogP contribution in [0.4, 0.5) is 5.69 Å². The molecule has 1 saturated heterocycles. The van der Waals surface area contributed by atoms with Crippen molar-refractivity contribution in [1.82, 2.24) is 4.90 Å². The molecule has 7 heteroatoms. The summed E-state index contributed by atoms with van der Waals surface area (Å²) in [6.45, 7) is 2.68. The van der Waals surface area contributed by atoms with Gasteiger partial charge in [-0.3, -0.25) is 14.4 Å². The first-order valence-electron chi connectivity index (χ1n) is 7.66. The Hall–Kier alpha value is -2.57. The van der Waals surface area contributed by atoms with Gasteiger partial charge in [0.25, 0.3) is 11.8 Å². The summed E-state index contributed by atoms with van der Waals surface area (Å²) in [4.78, 5) is 37.0. The Bertz CT molecular complexity index is 665. The molecule has 0 bridgehead atoms. The topological polar surface area (TPSA) is 102 Å². The maximum Gasteiger partial charge on any atom is 0.265 e. The fourth-order valence-electron chi connectivity index (χ4n) is 2.88. The van der Waals surface area contributed by atoms with Gasteiger partial charge in [0.1, 0.15) is 5.75 Å². The van der Waals surface area contributed by atoms with Crippen molar-refractivity contribution in [2.75, 3.05) is 18.4 Å². The number of piperidine rings is 1. The van der Waals surface area contributed by atoms with Crippen molar-refractivity contribution in [2.24, 2.45) is 11.7 Å². The number of anilines is 1. The van der Waals surface area contributed by atoms with Crippen molar-refractivity contribution in [3.63, 3.8) is 0 Å². The molecule has 1 fully saturated rings. The lowest BCUT2D eigenvalue weighted by Gasteiger charge is -2.31. The second-order valence-corrected chi connectivity index (χ2v) is 5.93. The molecule has 0 saturated carbocycles. The van der Waals surface area contributed by atoms with Crippen molar-refractivity contribution in [1.29, 1.82) is 0 Å². The monoisotopic (exact) mass is 317 g/mol. The number of nitrogens with zero attached hydrogens (tertiary/aromatic N) is 1. The van der Waals surface area contributed by atoms with Crippen molar-refractivity contribution in [3.05, 3.63) is 23.8 Å². The summed E-state index contributed by atoms with van der Waals surface area (Å²) in [5, 5.41) is 2.73. The van der Waals surface area contributed by atoms with Crippen LogP contribution in [0.1, 0.15) is 30.1 Å². The van der Waals surface area contributed by atoms with Gasteiger partial charge < -0.3 is 20.7 Å². The normalized spacial score (nSPS) is 21.2. The van der Waals surface area contributed by atoms with Crippen molar-refractivity contribution >= 4 is 23.4 Å². The molecule has 1 aromatic rings. The van der Waals surface area contributed by atoms with E-state index < -0.39 is 6.10 Å². The molecule has 122 valence electrons. The van der Waals surface area contributed by atoms with Crippen molar-refractivity contribution < 1.29 is 19.1 Å². The Labute approximate surface area is 133 Å². The predicted molar refractivity (Wildman–Crippen MR) is 83.0 cm³/mol. The number of primary amides is 1. The molecule has 3 amide bonds. The van der Waals surface area contributed by atoms with Gasteiger partial charge in [-0.05, 0) is 38.0 Å². The molecule has 3 rings (SSSR count). The first kappa shape index (κ1) is 15.3. The number of hydrogen-bond donors (Lipinski definition) is 2. The van der Waals surface area contributed by atoms with E-state index in [0.717, 1.165) is 0 Å². The number of carbonyl (C=O) groups is 3. The zero-order valence-corrected chi connectivity index (χ0v) is 12.9. The van der Waals surface area contributed by atoms with Gasteiger partial charge in [0.05, 0.1) is 5.69 Å². The first-order valence-corrected chi connectivity index (χ1v) is 7.66. The van der Waals surface area contributed by atoms with Gasteiger partial charge in [-0.15, -0.1) is 0 Å². The van der Waals surface area contributed by atoms with Gasteiger partial charge >= 0.3 is 0 Å². The van der Waals surface area contributed by atoms with Crippen molar-refractivity contribution in [2.45, 2.75) is 25.9 Å². The van der Waals surface area contributed by atoms with Crippen LogP contribution in [-0.2, 0) is 9.59 Å². The van der Waals surface area contributed by atoms with E-state index in [9.17, 15) is 14.4 Å². The largest absolute Gasteiger partial charge is 0.479 e. The third kappa shape index (κ3) is 2.99. The number of nitrogens with one attached hydrogen (secondary N) is 1. The Morgan fingerprint density at radius 3 is 2.65 bits per heavy atom. The van der Waals surface area contributed by atoms with E-state index in [1.807, 2.05) is 0 Å². The molecule has 1 unspecified atom stereocenters. The minimum Gasteiger partial charge on any atom is -0.479 e. The molecule has 7 nitrogen and oxygen atoms in total. The summed E-state index contributed by atoms with van der Waals surface area (Å²) in [6, 6.07) is 4.98. The van der Waals surface area contributed by atoms with Crippen LogP contribution >= 0.6 is 0 Å². The maximum atomic E-state index is 12.6. The Kier molecular flexibility index (Phi) is 3.94. The SMILES string of the molecule is CC1Oc2cc(C(=O)N3CCC(C(N)=O)CC3)ccc2NC1=O. The number of nitrogens with two attached hydrogens (primary N) is 1. The number of benzene rings is 1. The number of amides is 3. The van der Waals surface area contributed by atoms with Crippen LogP contribution in [0, 0.1) is 5.92 Å². The van der Waals surface area contributed by atoms with Gasteiger partial charge in [0, 0.05) is 24.6 Å². The second kappa shape index (κ2) is 5.91. The number of fused-ring (bicyclic) bond motifs is 1. The van der Waals surface area contributed by atoms with E-state index in [1.54, 1.807) is 30.0 Å². The standard InChI is InChI=1S/C16H19N3O4/c1-9-15(21)18-12-3-2-11(8-13(12)23-9)16(22)19-6-4-10(5-7-19)14(17)20/h2-3,8-10H,4-7H2,1H3,(H2,17,20)(H,18,21). The minimum absolute atomic E-state index is 0.108. The number of ether oxygens (including phenoxy) is 1. The summed E-state index contributed by atoms with van der Waals surface area (Å²) < 4.78 is 5.53. The maximum absolute atomic E-state index is 12.6. The fourth-order valence-corrected chi connectivity index (χ4v) is 2.88. The van der Waals surface area contributed by atoms with Gasteiger partial charge in [-0.25, -0.2) is 0 Å². The van der Waals surface area contributed by atoms with E-state index in [1.165, 1.54) is 0 Å². The summed E-state index contributed by atoms with van der Waals surface area (Å²) in [5.74, 6) is -0.269. The number of rotatable bonds is 2. The molecule has 23 heavy (non-hydrogen) atoms. The minimum atomic E-state index is -0.584. The highest BCUT2D eigenvalue weighted by molar-refractivity contribution is 6.00. The van der Waals surface area contributed by atoms with Crippen LogP contribution in [0.2, 0.25) is 0 Å². The summed E-state index contributed by atoms with van der Waals surface area (Å²) in [7, 11) is 0. The van der Waals surface area contributed by atoms with Crippen LogP contribution < -0.4 is 15.8 Å². The zero-order valence-electron chi connectivity index (χ0n) is 12.9. The number of likely N-dealkylation sites (tertiary alicyclic amines) is 1. The van der Waals surface area contributed by atoms with E-state index in [-0.39, 0.29) is 23.6 Å². The van der Waals surface area contributed by atoms with Crippen LogP contribution in [0.3, 0.4) is 0 Å². The summed E-state index contributed by atoms with van der Waals surface area (Å²) in [5.41, 5.74) is 6.38. The predicted octanol–water partition coefficient (Wildman–Crippen LogP) is 0.743. The molecule has 2 aliphatic heterocycles. The Balaban J connectivity index is 1.73. The average Bonchev–Trinajstić information content (AvgIpc) is 2.55. The highest BCUT2D eigenvalue weighted by atomic mass is 16.5. The van der Waals surface area contributed by atoms with Gasteiger partial charge in [0.2, 0.25) is 5.91 Å². The van der Waals surface area contributed by atoms with E-state index in [2.05, 4.69) is 5.32 Å². The van der Waals surface area contributed by atoms with Crippen LogP contribution in [-0.4, -0.2) is 41.8 Å². The van der Waals surface area contributed by atoms with Crippen molar-refractivity contribution in [3.8, 4) is 5.75 Å². The summed E-state index contributed by atoms with van der Waals surface area (Å²) >= 11 is 0. The van der Waals surface area contributed by atoms with Crippen LogP contribution in [0.15, 0.2) is 18.2 Å². The van der Waals surface area contributed by atoms with E-state index in [4.69, 9.17) is 10.5 Å². The molecule has 1 aromatic carbocycles. The molecule has 0 spiro atoms. The van der Waals surface area contributed by atoms with Crippen LogP contribution in [0.25, 0.3) is 0 Å². The van der Waals surface area contributed by atoms with E-state index in [0.29, 0.717) is 42.9 Å². The molecule has 1 atom stereocenters.